The molecule has 20 heavy (non-hydrogen) atoms. The van der Waals surface area contributed by atoms with Gasteiger partial charge in [0.1, 0.15) is 0 Å². The molecule has 4 aromatic rings. The van der Waals surface area contributed by atoms with E-state index in [9.17, 15) is 0 Å². The van der Waals surface area contributed by atoms with Crippen molar-refractivity contribution in [2.75, 3.05) is 0 Å². The Kier molecular flexibility index (Phi) is 2.34. The molecular formula is C15H13N5. The molecule has 5 heteroatoms. The van der Waals surface area contributed by atoms with Crippen LogP contribution in [0.4, 0.5) is 0 Å². The van der Waals surface area contributed by atoms with E-state index >= 15 is 0 Å². The molecule has 5 nitrogen and oxygen atoms in total. The van der Waals surface area contributed by atoms with E-state index in [1.54, 1.807) is 6.20 Å². The Labute approximate surface area is 115 Å². The second-order valence-corrected chi connectivity index (χ2v) is 4.66. The summed E-state index contributed by atoms with van der Waals surface area (Å²) in [6.45, 7) is 0.384. The standard InChI is InChI=1S/C15H13N5/c16-8-13-15-19-9-14(20(15)7-6-18-13)11-2-1-3-12-10(11)4-5-17-12/h1-7,9,17H,8,16H2. The van der Waals surface area contributed by atoms with Crippen LogP contribution in [-0.2, 0) is 6.54 Å². The molecule has 4 rings (SSSR count). The average molecular weight is 263 g/mol. The Morgan fingerprint density at radius 2 is 2.15 bits per heavy atom. The first-order chi connectivity index (χ1) is 9.88. The summed E-state index contributed by atoms with van der Waals surface area (Å²) in [5.41, 5.74) is 10.6. The molecule has 0 radical (unpaired) electrons. The predicted octanol–water partition coefficient (Wildman–Crippen LogP) is 2.34. The van der Waals surface area contributed by atoms with Crippen LogP contribution >= 0.6 is 0 Å². The average Bonchev–Trinajstić information content (AvgIpc) is 3.12. The second kappa shape index (κ2) is 4.18. The maximum atomic E-state index is 5.72. The van der Waals surface area contributed by atoms with Gasteiger partial charge in [-0.1, -0.05) is 12.1 Å². The van der Waals surface area contributed by atoms with E-state index in [1.165, 1.54) is 5.39 Å². The largest absolute Gasteiger partial charge is 0.361 e. The van der Waals surface area contributed by atoms with Gasteiger partial charge in [-0.25, -0.2) is 4.98 Å². The van der Waals surface area contributed by atoms with Crippen molar-refractivity contribution >= 4 is 16.6 Å². The number of hydrogen-bond donors (Lipinski definition) is 2. The van der Waals surface area contributed by atoms with Gasteiger partial charge in [-0.2, -0.15) is 0 Å². The Morgan fingerprint density at radius 1 is 1.20 bits per heavy atom. The van der Waals surface area contributed by atoms with Crippen molar-refractivity contribution < 1.29 is 0 Å². The Balaban J connectivity index is 2.06. The van der Waals surface area contributed by atoms with Crippen molar-refractivity contribution in [3.63, 3.8) is 0 Å². The van der Waals surface area contributed by atoms with Crippen molar-refractivity contribution in [3.8, 4) is 11.3 Å². The van der Waals surface area contributed by atoms with Gasteiger partial charge >= 0.3 is 0 Å². The molecule has 3 aromatic heterocycles. The fourth-order valence-electron chi connectivity index (χ4n) is 2.63. The Morgan fingerprint density at radius 3 is 3.05 bits per heavy atom. The molecular weight excluding hydrogens is 250 g/mol. The molecule has 1 aromatic carbocycles. The molecule has 0 saturated heterocycles. The van der Waals surface area contributed by atoms with E-state index in [4.69, 9.17) is 5.73 Å². The number of H-pyrrole nitrogens is 1. The summed E-state index contributed by atoms with van der Waals surface area (Å²) in [5, 5.41) is 1.18. The first-order valence-corrected chi connectivity index (χ1v) is 6.46. The lowest BCUT2D eigenvalue weighted by atomic mass is 10.1. The molecule has 0 fully saturated rings. The normalized spacial score (nSPS) is 11.4. The van der Waals surface area contributed by atoms with Gasteiger partial charge < -0.3 is 10.7 Å². The van der Waals surface area contributed by atoms with Gasteiger partial charge in [0.05, 0.1) is 17.6 Å². The van der Waals surface area contributed by atoms with Gasteiger partial charge in [0.15, 0.2) is 5.65 Å². The molecule has 0 spiro atoms. The van der Waals surface area contributed by atoms with Crippen LogP contribution in [0.5, 0.6) is 0 Å². The van der Waals surface area contributed by atoms with Crippen LogP contribution in [0.25, 0.3) is 27.8 Å². The van der Waals surface area contributed by atoms with E-state index in [0.29, 0.717) is 6.54 Å². The molecule has 0 aliphatic heterocycles. The summed E-state index contributed by atoms with van der Waals surface area (Å²) < 4.78 is 2.04. The molecule has 98 valence electrons. The van der Waals surface area contributed by atoms with Crippen molar-refractivity contribution in [3.05, 3.63) is 54.7 Å². The van der Waals surface area contributed by atoms with E-state index in [2.05, 4.69) is 33.2 Å². The molecule has 0 bridgehead atoms. The molecule has 0 unspecified atom stereocenters. The number of benzene rings is 1. The lowest BCUT2D eigenvalue weighted by molar-refractivity contribution is 0.963. The van der Waals surface area contributed by atoms with Crippen LogP contribution in [-0.4, -0.2) is 19.4 Å². The monoisotopic (exact) mass is 263 g/mol. The highest BCUT2D eigenvalue weighted by Crippen LogP contribution is 2.28. The van der Waals surface area contributed by atoms with Gasteiger partial charge in [-0.15, -0.1) is 0 Å². The summed E-state index contributed by atoms with van der Waals surface area (Å²) in [4.78, 5) is 12.0. The molecule has 3 heterocycles. The number of hydrogen-bond acceptors (Lipinski definition) is 3. The highest BCUT2D eigenvalue weighted by molar-refractivity contribution is 5.94. The molecule has 0 saturated carbocycles. The topological polar surface area (TPSA) is 72.0 Å². The SMILES string of the molecule is NCc1nccn2c(-c3cccc4[nH]ccc34)cnc12. The predicted molar refractivity (Wildman–Crippen MR) is 78.2 cm³/mol. The number of imidazole rings is 1. The molecule has 0 aliphatic carbocycles. The van der Waals surface area contributed by atoms with Gasteiger partial charge in [-0.3, -0.25) is 9.38 Å². The van der Waals surface area contributed by atoms with Crippen molar-refractivity contribution in [2.45, 2.75) is 6.54 Å². The van der Waals surface area contributed by atoms with Crippen LogP contribution in [0.3, 0.4) is 0 Å². The van der Waals surface area contributed by atoms with E-state index in [0.717, 1.165) is 28.1 Å². The minimum Gasteiger partial charge on any atom is -0.361 e. The lowest BCUT2D eigenvalue weighted by Gasteiger charge is -2.05. The van der Waals surface area contributed by atoms with Crippen LogP contribution in [0.1, 0.15) is 5.69 Å². The molecule has 0 aliphatic rings. The molecule has 0 amide bonds. The summed E-state index contributed by atoms with van der Waals surface area (Å²) in [6.07, 6.45) is 7.50. The lowest BCUT2D eigenvalue weighted by Crippen LogP contribution is -2.03. The summed E-state index contributed by atoms with van der Waals surface area (Å²) in [6, 6.07) is 8.28. The maximum Gasteiger partial charge on any atom is 0.160 e. The smallest absolute Gasteiger partial charge is 0.160 e. The van der Waals surface area contributed by atoms with Crippen LogP contribution in [0.2, 0.25) is 0 Å². The number of aromatic amines is 1. The quantitative estimate of drug-likeness (QED) is 0.583. The second-order valence-electron chi connectivity index (χ2n) is 4.66. The third-order valence-electron chi connectivity index (χ3n) is 3.57. The summed E-state index contributed by atoms with van der Waals surface area (Å²) in [5.74, 6) is 0. The van der Waals surface area contributed by atoms with Crippen molar-refractivity contribution in [2.24, 2.45) is 5.73 Å². The van der Waals surface area contributed by atoms with E-state index in [-0.39, 0.29) is 0 Å². The fraction of sp³-hybridized carbons (Fsp3) is 0.0667. The third kappa shape index (κ3) is 1.47. The Bertz CT molecular complexity index is 903. The van der Waals surface area contributed by atoms with Crippen molar-refractivity contribution in [1.29, 1.82) is 0 Å². The Hall–Kier alpha value is -2.66. The van der Waals surface area contributed by atoms with Crippen LogP contribution in [0.15, 0.2) is 49.1 Å². The molecule has 3 N–H and O–H groups in total. The van der Waals surface area contributed by atoms with Gasteiger partial charge in [0.25, 0.3) is 0 Å². The van der Waals surface area contributed by atoms with Gasteiger partial charge in [0.2, 0.25) is 0 Å². The van der Waals surface area contributed by atoms with Gasteiger partial charge in [0, 0.05) is 41.6 Å². The number of nitrogens with zero attached hydrogens (tertiary/aromatic N) is 3. The minimum absolute atomic E-state index is 0.384. The first-order valence-electron chi connectivity index (χ1n) is 6.46. The zero-order chi connectivity index (χ0) is 13.5. The van der Waals surface area contributed by atoms with Gasteiger partial charge in [-0.05, 0) is 12.1 Å². The number of nitrogens with one attached hydrogen (secondary N) is 1. The fourth-order valence-corrected chi connectivity index (χ4v) is 2.63. The summed E-state index contributed by atoms with van der Waals surface area (Å²) >= 11 is 0. The number of nitrogens with two attached hydrogens (primary N) is 1. The van der Waals surface area contributed by atoms with Crippen molar-refractivity contribution in [1.82, 2.24) is 19.4 Å². The van der Waals surface area contributed by atoms with Crippen LogP contribution in [0, 0.1) is 0 Å². The van der Waals surface area contributed by atoms with E-state index < -0.39 is 0 Å². The first kappa shape index (κ1) is 11.2. The minimum atomic E-state index is 0.384. The molecule has 0 atom stereocenters. The van der Waals surface area contributed by atoms with E-state index in [1.807, 2.05) is 29.1 Å². The highest BCUT2D eigenvalue weighted by Gasteiger charge is 2.11. The number of fused-ring (bicyclic) bond motifs is 2. The zero-order valence-electron chi connectivity index (χ0n) is 10.7. The third-order valence-corrected chi connectivity index (χ3v) is 3.57. The zero-order valence-corrected chi connectivity index (χ0v) is 10.7. The van der Waals surface area contributed by atoms with Crippen LogP contribution < -0.4 is 5.73 Å². The maximum absolute atomic E-state index is 5.72. The highest BCUT2D eigenvalue weighted by atomic mass is 15.0. The summed E-state index contributed by atoms with van der Waals surface area (Å²) in [7, 11) is 0. The number of rotatable bonds is 2. The number of aromatic nitrogens is 4.